The molecule has 2 heterocycles. The maximum atomic E-state index is 14.7. The summed E-state index contributed by atoms with van der Waals surface area (Å²) in [6.07, 6.45) is 12.5. The topological polar surface area (TPSA) is 180 Å². The SMILES string of the molecule is CCC[C@H](NC(=O)[C@@H]1C[C@@]2(CN1C(=O)[C@@H](NC(=O)[C@@H](NC(=O)c1cnccn1)C1CCCCC1)C(C)(C)C)CC2(C)C)C(=O)C(=O)NC1CC1. The maximum absolute atomic E-state index is 14.7. The molecule has 1 spiro atoms. The van der Waals surface area contributed by atoms with E-state index in [1.165, 1.54) is 18.6 Å². The number of rotatable bonds is 13. The molecule has 5 rings (SSSR count). The van der Waals surface area contributed by atoms with E-state index in [0.29, 0.717) is 25.8 Å². The van der Waals surface area contributed by atoms with Gasteiger partial charge in [-0.05, 0) is 67.1 Å². The molecule has 4 N–H and O–H groups in total. The van der Waals surface area contributed by atoms with Crippen LogP contribution in [-0.2, 0) is 24.0 Å². The smallest absolute Gasteiger partial charge is 0.289 e. The molecular formula is C37H55N7O6. The molecule has 4 fully saturated rings. The van der Waals surface area contributed by atoms with Crippen molar-refractivity contribution in [2.24, 2.45) is 22.2 Å². The standard InChI is InChI=1S/C37H55N7O6/c1-7-11-24(28(45)33(49)40-23-14-15-23)41-31(47)26-18-37(20-36(37,5)6)21-44(26)34(50)29(35(2,3)4)43-32(48)27(22-12-9-8-10-13-22)42-30(46)25-19-38-16-17-39-25/h16-17,19,22-24,26-27,29H,7-15,18,20-21H2,1-6H3,(H,40,49)(H,41,47)(H,42,46)(H,43,48)/t24-,26-,27-,29+,37-/m0/s1. The summed E-state index contributed by atoms with van der Waals surface area (Å²) in [6, 6.07) is -3.78. The van der Waals surface area contributed by atoms with Crippen molar-refractivity contribution in [3.05, 3.63) is 24.3 Å². The molecule has 1 aromatic rings. The highest BCUT2D eigenvalue weighted by Gasteiger charge is 2.67. The molecule has 5 atom stereocenters. The van der Waals surface area contributed by atoms with Gasteiger partial charge in [0, 0.05) is 25.0 Å². The maximum Gasteiger partial charge on any atom is 0.289 e. The molecule has 50 heavy (non-hydrogen) atoms. The summed E-state index contributed by atoms with van der Waals surface area (Å²) in [7, 11) is 0. The number of aromatic nitrogens is 2. The summed E-state index contributed by atoms with van der Waals surface area (Å²) in [5.74, 6) is -3.33. The zero-order valence-corrected chi connectivity index (χ0v) is 30.5. The van der Waals surface area contributed by atoms with Crippen molar-refractivity contribution < 1.29 is 28.8 Å². The van der Waals surface area contributed by atoms with Crippen LogP contribution in [0.4, 0.5) is 0 Å². The Bertz CT molecular complexity index is 1470. The van der Waals surface area contributed by atoms with E-state index >= 15 is 0 Å². The van der Waals surface area contributed by atoms with Gasteiger partial charge in [0.15, 0.2) is 0 Å². The lowest BCUT2D eigenvalue weighted by Crippen LogP contribution is -2.62. The van der Waals surface area contributed by atoms with Crippen molar-refractivity contribution in [2.75, 3.05) is 6.54 Å². The highest BCUT2D eigenvalue weighted by Crippen LogP contribution is 2.69. The van der Waals surface area contributed by atoms with Crippen LogP contribution < -0.4 is 21.3 Å². The van der Waals surface area contributed by atoms with Gasteiger partial charge in [-0.1, -0.05) is 67.2 Å². The predicted octanol–water partition coefficient (Wildman–Crippen LogP) is 2.84. The van der Waals surface area contributed by atoms with Gasteiger partial charge in [0.05, 0.1) is 12.2 Å². The molecule has 13 nitrogen and oxygen atoms in total. The highest BCUT2D eigenvalue weighted by atomic mass is 16.2. The van der Waals surface area contributed by atoms with Gasteiger partial charge < -0.3 is 26.2 Å². The summed E-state index contributed by atoms with van der Waals surface area (Å²) in [5.41, 5.74) is -1.03. The van der Waals surface area contributed by atoms with Crippen LogP contribution in [0.2, 0.25) is 0 Å². The summed E-state index contributed by atoms with van der Waals surface area (Å²) in [6.45, 7) is 12.0. The second kappa shape index (κ2) is 14.8. The first-order valence-corrected chi connectivity index (χ1v) is 18.4. The average Bonchev–Trinajstić information content (AvgIpc) is 3.94. The Morgan fingerprint density at radius 2 is 1.64 bits per heavy atom. The number of carbonyl (C=O) groups is 6. The molecule has 1 aliphatic heterocycles. The molecule has 0 unspecified atom stereocenters. The summed E-state index contributed by atoms with van der Waals surface area (Å²) in [5, 5.41) is 11.5. The third-order valence-electron chi connectivity index (χ3n) is 11.3. The lowest BCUT2D eigenvalue weighted by molar-refractivity contribution is -0.145. The van der Waals surface area contributed by atoms with Gasteiger partial charge in [0.2, 0.25) is 23.5 Å². The van der Waals surface area contributed by atoms with Crippen LogP contribution in [0.3, 0.4) is 0 Å². The first kappa shape index (κ1) is 37.4. The Labute approximate surface area is 295 Å². The van der Waals surface area contributed by atoms with E-state index in [1.54, 1.807) is 4.90 Å². The fourth-order valence-electron chi connectivity index (χ4n) is 7.88. The lowest BCUT2D eigenvalue weighted by Gasteiger charge is -2.37. The van der Waals surface area contributed by atoms with Crippen molar-refractivity contribution in [3.63, 3.8) is 0 Å². The Hall–Kier alpha value is -3.90. The summed E-state index contributed by atoms with van der Waals surface area (Å²) >= 11 is 0. The van der Waals surface area contributed by atoms with Crippen LogP contribution in [0.15, 0.2) is 18.6 Å². The van der Waals surface area contributed by atoms with Crippen LogP contribution in [0.25, 0.3) is 0 Å². The Morgan fingerprint density at radius 1 is 0.960 bits per heavy atom. The average molecular weight is 694 g/mol. The second-order valence-corrected chi connectivity index (χ2v) is 16.7. The number of hydrogen-bond acceptors (Lipinski definition) is 8. The number of hydrogen-bond donors (Lipinski definition) is 4. The van der Waals surface area contributed by atoms with E-state index in [1.807, 2.05) is 27.7 Å². The quantitative estimate of drug-likeness (QED) is 0.228. The van der Waals surface area contributed by atoms with Crippen molar-refractivity contribution in [1.29, 1.82) is 0 Å². The molecule has 5 amide bonds. The Balaban J connectivity index is 1.37. The van der Waals surface area contributed by atoms with Crippen LogP contribution >= 0.6 is 0 Å². The van der Waals surface area contributed by atoms with Gasteiger partial charge >= 0.3 is 0 Å². The fourth-order valence-corrected chi connectivity index (χ4v) is 7.88. The number of Topliss-reactive ketones (excluding diaryl/α,β-unsaturated/α-hetero) is 1. The normalized spacial score (nSPS) is 24.8. The minimum Gasteiger partial charge on any atom is -0.347 e. The van der Waals surface area contributed by atoms with Gasteiger partial charge in [-0.25, -0.2) is 4.98 Å². The van der Waals surface area contributed by atoms with Crippen molar-refractivity contribution in [2.45, 2.75) is 142 Å². The van der Waals surface area contributed by atoms with E-state index in [4.69, 9.17) is 0 Å². The van der Waals surface area contributed by atoms with E-state index in [-0.39, 0.29) is 28.5 Å². The molecule has 3 saturated carbocycles. The highest BCUT2D eigenvalue weighted by molar-refractivity contribution is 6.38. The minimum atomic E-state index is -1.01. The molecule has 3 aliphatic carbocycles. The van der Waals surface area contributed by atoms with E-state index in [2.05, 4.69) is 45.1 Å². The predicted molar refractivity (Wildman–Crippen MR) is 185 cm³/mol. The number of likely N-dealkylation sites (tertiary alicyclic amines) is 1. The molecular weight excluding hydrogens is 638 g/mol. The van der Waals surface area contributed by atoms with Gasteiger partial charge in [-0.3, -0.25) is 33.8 Å². The van der Waals surface area contributed by atoms with Gasteiger partial charge in [0.1, 0.15) is 23.8 Å². The third-order valence-corrected chi connectivity index (χ3v) is 11.3. The third kappa shape index (κ3) is 8.34. The number of carbonyl (C=O) groups excluding carboxylic acids is 6. The monoisotopic (exact) mass is 693 g/mol. The van der Waals surface area contributed by atoms with Gasteiger partial charge in [-0.2, -0.15) is 0 Å². The first-order chi connectivity index (χ1) is 23.6. The Morgan fingerprint density at radius 3 is 2.20 bits per heavy atom. The number of nitrogens with zero attached hydrogens (tertiary/aromatic N) is 3. The number of ketones is 1. The molecule has 1 saturated heterocycles. The minimum absolute atomic E-state index is 0.00640. The van der Waals surface area contributed by atoms with Crippen molar-refractivity contribution in [3.8, 4) is 0 Å². The molecule has 0 bridgehead atoms. The number of amides is 5. The summed E-state index contributed by atoms with van der Waals surface area (Å²) < 4.78 is 0. The molecule has 274 valence electrons. The van der Waals surface area contributed by atoms with Crippen molar-refractivity contribution >= 4 is 35.3 Å². The van der Waals surface area contributed by atoms with Gasteiger partial charge in [-0.15, -0.1) is 0 Å². The number of nitrogens with one attached hydrogen (secondary N) is 4. The Kier molecular flexibility index (Phi) is 11.0. The van der Waals surface area contributed by atoms with Gasteiger partial charge in [0.25, 0.3) is 11.8 Å². The first-order valence-electron chi connectivity index (χ1n) is 18.4. The largest absolute Gasteiger partial charge is 0.347 e. The zero-order chi connectivity index (χ0) is 36.4. The van der Waals surface area contributed by atoms with E-state index < -0.39 is 64.9 Å². The summed E-state index contributed by atoms with van der Waals surface area (Å²) in [4.78, 5) is 91.6. The van der Waals surface area contributed by atoms with Crippen LogP contribution in [0, 0.1) is 22.2 Å². The molecule has 0 radical (unpaired) electrons. The van der Waals surface area contributed by atoms with Crippen LogP contribution in [-0.4, -0.2) is 86.9 Å². The fraction of sp³-hybridized carbons (Fsp3) is 0.730. The van der Waals surface area contributed by atoms with E-state index in [9.17, 15) is 28.8 Å². The molecule has 4 aliphatic rings. The molecule has 13 heteroatoms. The van der Waals surface area contributed by atoms with Crippen LogP contribution in [0.1, 0.15) is 123 Å². The van der Waals surface area contributed by atoms with Crippen molar-refractivity contribution in [1.82, 2.24) is 36.1 Å². The second-order valence-electron chi connectivity index (χ2n) is 16.7. The molecule has 0 aromatic carbocycles. The van der Waals surface area contributed by atoms with Crippen LogP contribution in [0.5, 0.6) is 0 Å². The lowest BCUT2D eigenvalue weighted by atomic mass is 9.82. The van der Waals surface area contributed by atoms with E-state index in [0.717, 1.165) is 51.4 Å². The molecule has 1 aromatic heterocycles. The zero-order valence-electron chi connectivity index (χ0n) is 30.5.